The number of aromatic hydroxyl groups is 1. The summed E-state index contributed by atoms with van der Waals surface area (Å²) in [7, 11) is 0. The number of hydrogen-bond acceptors (Lipinski definition) is 6. The van der Waals surface area contributed by atoms with E-state index in [1.54, 1.807) is 65.7 Å². The minimum Gasteiger partial charge on any atom is -0.508 e. The van der Waals surface area contributed by atoms with Gasteiger partial charge in [-0.1, -0.05) is 48.5 Å². The maximum Gasteiger partial charge on any atom is 0.254 e. The standard InChI is InChI=1S/C32H28N4O5/c37-23-13-11-20(12-14-23)18-25(34-30(39)24-10-4-8-21-9-5-16-33-28(21)24)32(41)35-17-15-26-29(35)27(38)19-36(26)31(40)22-6-2-1-3-7-22/h1-14,16,25-26,29,37H,15,17-19H2,(H,34,39)/t25?,26-,29+/m1/s1. The fourth-order valence-corrected chi connectivity index (χ4v) is 5.88. The van der Waals surface area contributed by atoms with E-state index in [2.05, 4.69) is 10.3 Å². The molecule has 6 rings (SSSR count). The van der Waals surface area contributed by atoms with Gasteiger partial charge in [0.2, 0.25) is 5.91 Å². The summed E-state index contributed by atoms with van der Waals surface area (Å²) < 4.78 is 0. The third kappa shape index (κ3) is 5.02. The Hall–Kier alpha value is -5.05. The lowest BCUT2D eigenvalue weighted by molar-refractivity contribution is -0.138. The number of ketones is 1. The van der Waals surface area contributed by atoms with E-state index in [0.717, 1.165) is 10.9 Å². The lowest BCUT2D eigenvalue weighted by Gasteiger charge is -2.28. The van der Waals surface area contributed by atoms with Crippen LogP contribution in [0.4, 0.5) is 0 Å². The first kappa shape index (κ1) is 26.2. The molecular formula is C32H28N4O5. The molecule has 4 aromatic rings. The van der Waals surface area contributed by atoms with Gasteiger partial charge >= 0.3 is 0 Å². The predicted molar refractivity (Wildman–Crippen MR) is 151 cm³/mol. The zero-order valence-corrected chi connectivity index (χ0v) is 22.1. The van der Waals surface area contributed by atoms with Crippen LogP contribution in [0.1, 0.15) is 32.7 Å². The Labute approximate surface area is 236 Å². The number of pyridine rings is 1. The van der Waals surface area contributed by atoms with Crippen molar-refractivity contribution in [2.45, 2.75) is 31.0 Å². The maximum absolute atomic E-state index is 14.1. The summed E-state index contributed by atoms with van der Waals surface area (Å²) in [6, 6.07) is 21.9. The molecule has 0 spiro atoms. The fourth-order valence-electron chi connectivity index (χ4n) is 5.88. The molecule has 9 nitrogen and oxygen atoms in total. The normalized spacial score (nSPS) is 18.8. The molecule has 1 aromatic heterocycles. The summed E-state index contributed by atoms with van der Waals surface area (Å²) in [6.07, 6.45) is 2.22. The van der Waals surface area contributed by atoms with Crippen LogP contribution in [-0.2, 0) is 16.0 Å². The van der Waals surface area contributed by atoms with Crippen LogP contribution in [0.5, 0.6) is 5.75 Å². The quantitative estimate of drug-likeness (QED) is 0.382. The monoisotopic (exact) mass is 548 g/mol. The lowest BCUT2D eigenvalue weighted by Crippen LogP contribution is -2.53. The van der Waals surface area contributed by atoms with Crippen molar-refractivity contribution in [3.8, 4) is 5.75 Å². The van der Waals surface area contributed by atoms with Crippen LogP contribution in [0.2, 0.25) is 0 Å². The van der Waals surface area contributed by atoms with Gasteiger partial charge in [-0.05, 0) is 48.4 Å². The predicted octanol–water partition coefficient (Wildman–Crippen LogP) is 2.98. The van der Waals surface area contributed by atoms with Crippen LogP contribution in [0, 0.1) is 0 Å². The summed E-state index contributed by atoms with van der Waals surface area (Å²) in [5, 5.41) is 13.4. The number of carbonyl (C=O) groups is 4. The van der Waals surface area contributed by atoms with Crippen LogP contribution in [-0.4, -0.2) is 74.6 Å². The number of fused-ring (bicyclic) bond motifs is 2. The second-order valence-corrected chi connectivity index (χ2v) is 10.4. The van der Waals surface area contributed by atoms with Crippen LogP contribution < -0.4 is 5.32 Å². The van der Waals surface area contributed by atoms with Crippen LogP contribution >= 0.6 is 0 Å². The van der Waals surface area contributed by atoms with Crippen molar-refractivity contribution in [1.82, 2.24) is 20.1 Å². The number of carbonyl (C=O) groups excluding carboxylic acids is 4. The van der Waals surface area contributed by atoms with Gasteiger partial charge in [0, 0.05) is 30.1 Å². The Morgan fingerprint density at radius 3 is 2.46 bits per heavy atom. The minimum absolute atomic E-state index is 0.0660. The molecule has 2 aliphatic rings. The van der Waals surface area contributed by atoms with E-state index >= 15 is 0 Å². The first-order valence-electron chi connectivity index (χ1n) is 13.5. The van der Waals surface area contributed by atoms with Gasteiger partial charge in [0.15, 0.2) is 5.78 Å². The van der Waals surface area contributed by atoms with Crippen LogP contribution in [0.3, 0.4) is 0 Å². The third-order valence-electron chi connectivity index (χ3n) is 7.84. The highest BCUT2D eigenvalue weighted by Gasteiger charge is 2.52. The highest BCUT2D eigenvalue weighted by Crippen LogP contribution is 2.32. The van der Waals surface area contributed by atoms with Gasteiger partial charge in [-0.2, -0.15) is 0 Å². The fraction of sp³-hybridized carbons (Fsp3) is 0.219. The van der Waals surface area contributed by atoms with E-state index in [4.69, 9.17) is 0 Å². The van der Waals surface area contributed by atoms with Gasteiger partial charge in [-0.25, -0.2) is 0 Å². The maximum atomic E-state index is 14.1. The molecule has 0 radical (unpaired) electrons. The second-order valence-electron chi connectivity index (χ2n) is 10.4. The number of nitrogens with one attached hydrogen (secondary N) is 1. The van der Waals surface area contributed by atoms with Gasteiger partial charge in [-0.15, -0.1) is 0 Å². The van der Waals surface area contributed by atoms with Crippen molar-refractivity contribution in [3.05, 3.63) is 108 Å². The van der Waals surface area contributed by atoms with Gasteiger partial charge in [0.25, 0.3) is 11.8 Å². The third-order valence-corrected chi connectivity index (χ3v) is 7.84. The zero-order valence-electron chi connectivity index (χ0n) is 22.1. The molecule has 2 fully saturated rings. The number of aromatic nitrogens is 1. The molecule has 3 aromatic carbocycles. The zero-order chi connectivity index (χ0) is 28.5. The number of amides is 3. The molecule has 206 valence electrons. The number of benzene rings is 3. The molecule has 0 aliphatic carbocycles. The molecule has 9 heteroatoms. The molecule has 3 heterocycles. The molecule has 3 amide bonds. The largest absolute Gasteiger partial charge is 0.508 e. The van der Waals surface area contributed by atoms with Crippen LogP contribution in [0.15, 0.2) is 91.1 Å². The van der Waals surface area contributed by atoms with Crippen molar-refractivity contribution in [3.63, 3.8) is 0 Å². The molecule has 1 unspecified atom stereocenters. The smallest absolute Gasteiger partial charge is 0.254 e. The molecule has 2 saturated heterocycles. The number of phenols is 1. The van der Waals surface area contributed by atoms with Crippen molar-refractivity contribution in [2.24, 2.45) is 0 Å². The van der Waals surface area contributed by atoms with Crippen molar-refractivity contribution < 1.29 is 24.3 Å². The highest BCUT2D eigenvalue weighted by molar-refractivity contribution is 6.07. The summed E-state index contributed by atoms with van der Waals surface area (Å²) in [5.74, 6) is -1.20. The Balaban J connectivity index is 1.27. The highest BCUT2D eigenvalue weighted by atomic mass is 16.3. The summed E-state index contributed by atoms with van der Waals surface area (Å²) in [5.41, 5.74) is 2.08. The average Bonchev–Trinajstić information content (AvgIpc) is 3.58. The van der Waals surface area contributed by atoms with E-state index in [0.29, 0.717) is 23.1 Å². The number of rotatable bonds is 6. The molecule has 41 heavy (non-hydrogen) atoms. The van der Waals surface area contributed by atoms with E-state index in [9.17, 15) is 24.3 Å². The number of nitrogens with zero attached hydrogens (tertiary/aromatic N) is 3. The molecule has 0 saturated carbocycles. The number of para-hydroxylation sites is 1. The van der Waals surface area contributed by atoms with E-state index in [1.807, 2.05) is 18.2 Å². The van der Waals surface area contributed by atoms with Gasteiger partial charge in [-0.3, -0.25) is 24.2 Å². The van der Waals surface area contributed by atoms with E-state index < -0.39 is 29.9 Å². The minimum atomic E-state index is -0.989. The molecule has 2 aliphatic heterocycles. The van der Waals surface area contributed by atoms with Crippen LogP contribution in [0.25, 0.3) is 10.9 Å². The van der Waals surface area contributed by atoms with Gasteiger partial charge in [0.1, 0.15) is 17.8 Å². The molecule has 0 bridgehead atoms. The lowest BCUT2D eigenvalue weighted by atomic mass is 10.0. The molecular weight excluding hydrogens is 520 g/mol. The van der Waals surface area contributed by atoms with Crippen molar-refractivity contribution in [1.29, 1.82) is 0 Å². The Kier molecular flexibility index (Phi) is 6.93. The topological polar surface area (TPSA) is 120 Å². The van der Waals surface area contributed by atoms with Gasteiger partial charge in [0.05, 0.1) is 23.7 Å². The van der Waals surface area contributed by atoms with Crippen molar-refractivity contribution >= 4 is 34.4 Å². The van der Waals surface area contributed by atoms with E-state index in [1.165, 1.54) is 17.0 Å². The number of phenolic OH excluding ortho intramolecular Hbond substituents is 1. The Morgan fingerprint density at radius 1 is 0.927 bits per heavy atom. The first-order chi connectivity index (χ1) is 19.9. The summed E-state index contributed by atoms with van der Waals surface area (Å²) in [6.45, 7) is 0.222. The first-order valence-corrected chi connectivity index (χ1v) is 13.5. The SMILES string of the molecule is O=C(NC(Cc1ccc(O)cc1)C(=O)N1CC[C@@H]2[C@H]1C(=O)CN2C(=O)c1ccccc1)c1cccc2cccnc12. The number of likely N-dealkylation sites (tertiary alicyclic amines) is 2. The molecule has 3 atom stereocenters. The summed E-state index contributed by atoms with van der Waals surface area (Å²) in [4.78, 5) is 61.5. The van der Waals surface area contributed by atoms with Crippen molar-refractivity contribution in [2.75, 3.05) is 13.1 Å². The Bertz CT molecular complexity index is 1630. The Morgan fingerprint density at radius 2 is 1.68 bits per heavy atom. The molecule has 2 N–H and O–H groups in total. The number of hydrogen-bond donors (Lipinski definition) is 2. The number of Topliss-reactive ketones (excluding diaryl/α,β-unsaturated/α-hetero) is 1. The summed E-state index contributed by atoms with van der Waals surface area (Å²) >= 11 is 0. The van der Waals surface area contributed by atoms with Gasteiger partial charge < -0.3 is 20.2 Å². The second kappa shape index (κ2) is 10.8. The average molecular weight is 549 g/mol. The van der Waals surface area contributed by atoms with E-state index in [-0.39, 0.29) is 37.0 Å².